The topological polar surface area (TPSA) is 54.9 Å². The predicted octanol–water partition coefficient (Wildman–Crippen LogP) is 4.13. The largest absolute Gasteiger partial charge is 0.351 e. The molecular formula is C19H23N3OS2. The summed E-state index contributed by atoms with van der Waals surface area (Å²) in [5, 5.41) is 3.98. The number of pyridine rings is 1. The summed E-state index contributed by atoms with van der Waals surface area (Å²) in [5.74, 6) is 3.53. The van der Waals surface area contributed by atoms with Crippen LogP contribution in [0.3, 0.4) is 0 Å². The van der Waals surface area contributed by atoms with Gasteiger partial charge in [-0.25, -0.2) is 4.98 Å². The second kappa shape index (κ2) is 8.45. The van der Waals surface area contributed by atoms with Crippen molar-refractivity contribution in [2.75, 3.05) is 23.8 Å². The molecule has 6 heteroatoms. The molecule has 0 saturated carbocycles. The molecule has 132 valence electrons. The number of fused-ring (bicyclic) bond motifs is 1. The normalized spacial score (nSPS) is 11.5. The van der Waals surface area contributed by atoms with Crippen LogP contribution in [0.2, 0.25) is 0 Å². The molecule has 0 fully saturated rings. The Hall–Kier alpha value is -1.92. The van der Waals surface area contributed by atoms with Gasteiger partial charge >= 0.3 is 0 Å². The Morgan fingerprint density at radius 1 is 1.20 bits per heavy atom. The maximum absolute atomic E-state index is 12.6. The van der Waals surface area contributed by atoms with Crippen LogP contribution in [0.4, 0.5) is 0 Å². The van der Waals surface area contributed by atoms with Gasteiger partial charge < -0.3 is 5.32 Å². The maximum Gasteiger partial charge on any atom is 0.252 e. The van der Waals surface area contributed by atoms with Crippen molar-refractivity contribution >= 4 is 38.4 Å². The fourth-order valence-electron chi connectivity index (χ4n) is 2.70. The van der Waals surface area contributed by atoms with E-state index in [1.165, 1.54) is 11.5 Å². The third kappa shape index (κ3) is 4.19. The van der Waals surface area contributed by atoms with E-state index in [0.717, 1.165) is 33.1 Å². The molecule has 0 atom stereocenters. The SMILES string of the molecule is CC[SH](CC)CCNC(=O)c1cccc2nc(-c3cccnc3)sc12. The lowest BCUT2D eigenvalue weighted by Gasteiger charge is -2.17. The van der Waals surface area contributed by atoms with Gasteiger partial charge in [-0.05, 0) is 41.5 Å². The molecule has 2 heterocycles. The fourth-order valence-corrected chi connectivity index (χ4v) is 5.28. The smallest absolute Gasteiger partial charge is 0.252 e. The number of hydrogen-bond donors (Lipinski definition) is 2. The molecule has 0 spiro atoms. The van der Waals surface area contributed by atoms with Crippen molar-refractivity contribution in [2.24, 2.45) is 0 Å². The van der Waals surface area contributed by atoms with Gasteiger partial charge in [-0.1, -0.05) is 19.9 Å². The average molecular weight is 374 g/mol. The summed E-state index contributed by atoms with van der Waals surface area (Å²) in [6.45, 7) is 5.21. The highest BCUT2D eigenvalue weighted by Gasteiger charge is 2.14. The van der Waals surface area contributed by atoms with Gasteiger partial charge in [0.25, 0.3) is 5.91 Å². The highest BCUT2D eigenvalue weighted by molar-refractivity contribution is 8.17. The molecule has 0 aliphatic heterocycles. The van der Waals surface area contributed by atoms with Crippen molar-refractivity contribution in [3.63, 3.8) is 0 Å². The Morgan fingerprint density at radius 3 is 2.76 bits per heavy atom. The first-order valence-corrected chi connectivity index (χ1v) is 11.2. The number of benzene rings is 1. The molecule has 3 aromatic rings. The van der Waals surface area contributed by atoms with E-state index in [9.17, 15) is 4.79 Å². The van der Waals surface area contributed by atoms with Gasteiger partial charge in [-0.15, -0.1) is 11.3 Å². The molecule has 0 unspecified atom stereocenters. The quantitative estimate of drug-likeness (QED) is 0.612. The van der Waals surface area contributed by atoms with Crippen LogP contribution < -0.4 is 5.32 Å². The Balaban J connectivity index is 1.79. The molecule has 1 N–H and O–H groups in total. The van der Waals surface area contributed by atoms with E-state index in [4.69, 9.17) is 0 Å². The van der Waals surface area contributed by atoms with Gasteiger partial charge in [0, 0.05) is 24.5 Å². The van der Waals surface area contributed by atoms with Crippen LogP contribution in [0.25, 0.3) is 20.8 Å². The Morgan fingerprint density at radius 2 is 2.04 bits per heavy atom. The van der Waals surface area contributed by atoms with Gasteiger partial charge in [-0.2, -0.15) is 0 Å². The van der Waals surface area contributed by atoms with Crippen molar-refractivity contribution in [1.29, 1.82) is 0 Å². The molecule has 25 heavy (non-hydrogen) atoms. The molecule has 0 aliphatic carbocycles. The number of carbonyl (C=O) groups is 1. The van der Waals surface area contributed by atoms with Gasteiger partial charge in [0.1, 0.15) is 5.01 Å². The van der Waals surface area contributed by atoms with Crippen LogP contribution in [0, 0.1) is 0 Å². The van der Waals surface area contributed by atoms with E-state index in [1.54, 1.807) is 23.7 Å². The third-order valence-electron chi connectivity index (χ3n) is 4.18. The van der Waals surface area contributed by atoms with Crippen molar-refractivity contribution in [3.05, 3.63) is 48.3 Å². The predicted molar refractivity (Wildman–Crippen MR) is 110 cm³/mol. The summed E-state index contributed by atoms with van der Waals surface area (Å²) in [6, 6.07) is 9.62. The molecule has 1 amide bonds. The number of nitrogens with one attached hydrogen (secondary N) is 1. The zero-order valence-corrected chi connectivity index (χ0v) is 16.2. The molecule has 0 bridgehead atoms. The number of aromatic nitrogens is 2. The fraction of sp³-hybridized carbons (Fsp3) is 0.316. The monoisotopic (exact) mass is 373 g/mol. The van der Waals surface area contributed by atoms with Gasteiger partial charge in [0.15, 0.2) is 0 Å². The van der Waals surface area contributed by atoms with Gasteiger partial charge in [0.05, 0.1) is 15.8 Å². The molecule has 0 radical (unpaired) electrons. The first-order valence-electron chi connectivity index (χ1n) is 8.53. The molecule has 4 nitrogen and oxygen atoms in total. The minimum Gasteiger partial charge on any atom is -0.351 e. The van der Waals surface area contributed by atoms with Crippen LogP contribution in [-0.2, 0) is 0 Å². The summed E-state index contributed by atoms with van der Waals surface area (Å²) in [7, 11) is 0.0520. The number of amides is 1. The maximum atomic E-state index is 12.6. The zero-order valence-electron chi connectivity index (χ0n) is 14.5. The summed E-state index contributed by atoms with van der Waals surface area (Å²) in [4.78, 5) is 21.4. The van der Waals surface area contributed by atoms with E-state index in [1.807, 2.05) is 30.3 Å². The lowest BCUT2D eigenvalue weighted by Crippen LogP contribution is -2.26. The van der Waals surface area contributed by atoms with Crippen LogP contribution in [0.5, 0.6) is 0 Å². The summed E-state index contributed by atoms with van der Waals surface area (Å²) >= 11 is 1.55. The van der Waals surface area contributed by atoms with Crippen LogP contribution in [0.15, 0.2) is 42.7 Å². The lowest BCUT2D eigenvalue weighted by molar-refractivity contribution is 0.0958. The summed E-state index contributed by atoms with van der Waals surface area (Å²) in [6.07, 6.45) is 3.55. The molecule has 0 aliphatic rings. The average Bonchev–Trinajstić information content (AvgIpc) is 3.10. The third-order valence-corrected chi connectivity index (χ3v) is 7.97. The number of carbonyl (C=O) groups excluding carboxylic acids is 1. The second-order valence-corrected chi connectivity index (χ2v) is 9.75. The highest BCUT2D eigenvalue weighted by Crippen LogP contribution is 2.32. The van der Waals surface area contributed by atoms with Crippen molar-refractivity contribution in [3.8, 4) is 10.6 Å². The van der Waals surface area contributed by atoms with E-state index in [2.05, 4.69) is 29.1 Å². The van der Waals surface area contributed by atoms with Gasteiger partial charge in [0.2, 0.25) is 0 Å². The Labute approximate surface area is 155 Å². The van der Waals surface area contributed by atoms with Crippen molar-refractivity contribution in [2.45, 2.75) is 13.8 Å². The summed E-state index contributed by atoms with van der Waals surface area (Å²) in [5.41, 5.74) is 2.55. The Kier molecular flexibility index (Phi) is 6.04. The van der Waals surface area contributed by atoms with E-state index >= 15 is 0 Å². The van der Waals surface area contributed by atoms with E-state index < -0.39 is 0 Å². The second-order valence-electron chi connectivity index (χ2n) is 5.70. The number of nitrogens with zero attached hydrogens (tertiary/aromatic N) is 2. The molecule has 1 aromatic carbocycles. The van der Waals surface area contributed by atoms with E-state index in [0.29, 0.717) is 5.56 Å². The molecule has 3 rings (SSSR count). The first-order chi connectivity index (χ1) is 12.2. The number of thiazole rings is 1. The van der Waals surface area contributed by atoms with Crippen LogP contribution in [0.1, 0.15) is 24.2 Å². The first kappa shape index (κ1) is 17.9. The van der Waals surface area contributed by atoms with Crippen LogP contribution >= 0.6 is 22.2 Å². The summed E-state index contributed by atoms with van der Waals surface area (Å²) < 4.78 is 0.937. The van der Waals surface area contributed by atoms with Crippen molar-refractivity contribution in [1.82, 2.24) is 15.3 Å². The number of thiol groups is 1. The lowest BCUT2D eigenvalue weighted by atomic mass is 10.2. The van der Waals surface area contributed by atoms with E-state index in [-0.39, 0.29) is 16.8 Å². The molecular weight excluding hydrogens is 350 g/mol. The zero-order chi connectivity index (χ0) is 17.6. The molecule has 2 aromatic heterocycles. The minimum absolute atomic E-state index is 0.00542. The minimum atomic E-state index is -0.00542. The molecule has 0 saturated heterocycles. The Bertz CT molecular complexity index is 844. The standard InChI is InChI=1S/C19H23N3OS2/c1-3-25(4-2)12-11-21-18(23)15-8-5-9-16-17(15)24-19(22-16)14-7-6-10-20-13-14/h5-10,13,25H,3-4,11-12H2,1-2H3,(H,21,23). The highest BCUT2D eigenvalue weighted by atomic mass is 32.2. The van der Waals surface area contributed by atoms with Gasteiger partial charge in [-0.3, -0.25) is 20.7 Å². The van der Waals surface area contributed by atoms with Crippen LogP contribution in [-0.4, -0.2) is 39.7 Å². The number of rotatable bonds is 7. The van der Waals surface area contributed by atoms with Crippen molar-refractivity contribution < 1.29 is 4.79 Å². The number of hydrogen-bond acceptors (Lipinski definition) is 4.